The van der Waals surface area contributed by atoms with Crippen LogP contribution in [0.25, 0.3) is 0 Å². The molecule has 0 aromatic heterocycles. The fraction of sp³-hybridized carbons (Fsp3) is 0. The van der Waals surface area contributed by atoms with Crippen molar-refractivity contribution >= 4 is 33.1 Å². The normalized spacial score (nSPS) is 11.0. The molecule has 0 unspecified atom stereocenters. The molecule has 0 saturated heterocycles. The van der Waals surface area contributed by atoms with Crippen LogP contribution in [0, 0.1) is 10.1 Å². The van der Waals surface area contributed by atoms with Crippen molar-refractivity contribution < 1.29 is 28.3 Å². The number of primary sulfonamides is 1. The van der Waals surface area contributed by atoms with Gasteiger partial charge in [0.1, 0.15) is 16.3 Å². The summed E-state index contributed by atoms with van der Waals surface area (Å²) in [5.41, 5.74) is -1.61. The third-order valence-corrected chi connectivity index (χ3v) is 3.90. The summed E-state index contributed by atoms with van der Waals surface area (Å²) in [6.07, 6.45) is 0. The maximum Gasteiger partial charge on any atom is 0.335 e. The predicted octanol–water partition coefficient (Wildman–Crippen LogP) is 1.39. The number of benzene rings is 2. The number of nitrogens with two attached hydrogens (primary N) is 1. The monoisotopic (exact) mass is 353 g/mol. The van der Waals surface area contributed by atoms with Gasteiger partial charge in [-0.25, -0.2) is 18.4 Å². The number of sulfonamides is 1. The SMILES string of the molecule is NS(=O)(=O)c1cc(C(=O)O)cc([N+](=O)[O-])c1Nc1ccc(O)cc1. The molecule has 0 atom stereocenters. The van der Waals surface area contributed by atoms with Gasteiger partial charge < -0.3 is 15.5 Å². The van der Waals surface area contributed by atoms with Crippen LogP contribution >= 0.6 is 0 Å². The molecule has 0 saturated carbocycles. The van der Waals surface area contributed by atoms with Crippen molar-refractivity contribution in [3.63, 3.8) is 0 Å². The van der Waals surface area contributed by atoms with Crippen LogP contribution < -0.4 is 10.5 Å². The lowest BCUT2D eigenvalue weighted by atomic mass is 10.1. The van der Waals surface area contributed by atoms with Crippen LogP contribution in [0.1, 0.15) is 10.4 Å². The summed E-state index contributed by atoms with van der Waals surface area (Å²) in [6.45, 7) is 0. The second-order valence-corrected chi connectivity index (χ2v) is 6.18. The van der Waals surface area contributed by atoms with Gasteiger partial charge in [0.2, 0.25) is 10.0 Å². The second-order valence-electron chi connectivity index (χ2n) is 4.65. The van der Waals surface area contributed by atoms with Gasteiger partial charge >= 0.3 is 5.97 Å². The van der Waals surface area contributed by atoms with E-state index in [0.717, 1.165) is 12.1 Å². The van der Waals surface area contributed by atoms with Crippen molar-refractivity contribution in [3.8, 4) is 5.75 Å². The number of hydrogen-bond donors (Lipinski definition) is 4. The number of anilines is 2. The summed E-state index contributed by atoms with van der Waals surface area (Å²) < 4.78 is 23.5. The van der Waals surface area contributed by atoms with Gasteiger partial charge in [-0.1, -0.05) is 0 Å². The highest BCUT2D eigenvalue weighted by Crippen LogP contribution is 2.35. The summed E-state index contributed by atoms with van der Waals surface area (Å²) in [5, 5.41) is 37.0. The predicted molar refractivity (Wildman–Crippen MR) is 82.8 cm³/mol. The first-order valence-corrected chi connectivity index (χ1v) is 7.79. The van der Waals surface area contributed by atoms with Crippen molar-refractivity contribution in [2.75, 3.05) is 5.32 Å². The van der Waals surface area contributed by atoms with Gasteiger partial charge in [-0.05, 0) is 30.3 Å². The molecule has 0 fully saturated rings. The molecule has 5 N–H and O–H groups in total. The Hall–Kier alpha value is -3.18. The number of carbonyl (C=O) groups is 1. The molecule has 0 bridgehead atoms. The molecule has 2 aromatic carbocycles. The Morgan fingerprint density at radius 3 is 2.25 bits per heavy atom. The van der Waals surface area contributed by atoms with E-state index in [-0.39, 0.29) is 11.4 Å². The molecule has 0 heterocycles. The molecule has 0 amide bonds. The minimum Gasteiger partial charge on any atom is -0.508 e. The number of nitrogens with one attached hydrogen (secondary N) is 1. The number of carboxylic acids is 1. The van der Waals surface area contributed by atoms with E-state index < -0.39 is 42.7 Å². The average Bonchev–Trinajstić information content (AvgIpc) is 2.48. The van der Waals surface area contributed by atoms with E-state index in [1.807, 2.05) is 0 Å². The molecular weight excluding hydrogens is 342 g/mol. The topological polar surface area (TPSA) is 173 Å². The van der Waals surface area contributed by atoms with E-state index in [0.29, 0.717) is 0 Å². The second kappa shape index (κ2) is 6.14. The first-order chi connectivity index (χ1) is 11.1. The highest BCUT2D eigenvalue weighted by Gasteiger charge is 2.27. The van der Waals surface area contributed by atoms with Gasteiger partial charge in [0.15, 0.2) is 0 Å². The Morgan fingerprint density at radius 1 is 1.21 bits per heavy atom. The van der Waals surface area contributed by atoms with E-state index in [2.05, 4.69) is 5.32 Å². The fourth-order valence-electron chi connectivity index (χ4n) is 1.91. The smallest absolute Gasteiger partial charge is 0.335 e. The Morgan fingerprint density at radius 2 is 1.79 bits per heavy atom. The lowest BCUT2D eigenvalue weighted by Crippen LogP contribution is -2.16. The molecule has 0 spiro atoms. The first-order valence-electron chi connectivity index (χ1n) is 6.24. The van der Waals surface area contributed by atoms with E-state index in [1.165, 1.54) is 24.3 Å². The molecular formula is C13H11N3O7S. The summed E-state index contributed by atoms with van der Waals surface area (Å²) in [4.78, 5) is 20.6. The van der Waals surface area contributed by atoms with Crippen molar-refractivity contribution in [2.45, 2.75) is 4.90 Å². The van der Waals surface area contributed by atoms with Gasteiger partial charge in [-0.3, -0.25) is 10.1 Å². The Kier molecular flexibility index (Phi) is 4.39. The summed E-state index contributed by atoms with van der Waals surface area (Å²) in [7, 11) is -4.45. The number of nitrogens with zero attached hydrogens (tertiary/aromatic N) is 1. The average molecular weight is 353 g/mol. The fourth-order valence-corrected chi connectivity index (χ4v) is 2.64. The minimum absolute atomic E-state index is 0.0667. The quantitative estimate of drug-likeness (QED) is 0.354. The van der Waals surface area contributed by atoms with Crippen LogP contribution in [0.15, 0.2) is 41.3 Å². The van der Waals surface area contributed by atoms with E-state index in [4.69, 9.17) is 10.2 Å². The van der Waals surface area contributed by atoms with Crippen LogP contribution in [0.3, 0.4) is 0 Å². The molecule has 126 valence electrons. The zero-order valence-corrected chi connectivity index (χ0v) is 12.6. The van der Waals surface area contributed by atoms with Crippen LogP contribution in [-0.4, -0.2) is 29.5 Å². The number of phenols is 1. The Labute approximate surface area is 135 Å². The number of phenolic OH excluding ortho intramolecular Hbond substituents is 1. The largest absolute Gasteiger partial charge is 0.508 e. The number of nitro groups is 1. The van der Waals surface area contributed by atoms with Crippen LogP contribution in [0.2, 0.25) is 0 Å². The number of aromatic hydroxyl groups is 1. The molecule has 0 aliphatic rings. The molecule has 24 heavy (non-hydrogen) atoms. The van der Waals surface area contributed by atoms with Gasteiger partial charge in [0.25, 0.3) is 5.69 Å². The molecule has 0 aliphatic carbocycles. The standard InChI is InChI=1S/C13H11N3O7S/c14-24(22,23)11-6-7(13(18)19)5-10(16(20)21)12(11)15-8-1-3-9(17)4-2-8/h1-6,15,17H,(H,18,19)(H2,14,22,23). The number of nitro benzene ring substituents is 1. The van der Waals surface area contributed by atoms with Crippen molar-refractivity contribution in [1.29, 1.82) is 0 Å². The minimum atomic E-state index is -4.45. The Bertz CT molecular complexity index is 923. The molecule has 2 aromatic rings. The zero-order chi connectivity index (χ0) is 18.1. The molecule has 0 radical (unpaired) electrons. The van der Waals surface area contributed by atoms with Crippen LogP contribution in [0.5, 0.6) is 5.75 Å². The molecule has 0 aliphatic heterocycles. The van der Waals surface area contributed by atoms with Gasteiger partial charge in [-0.2, -0.15) is 0 Å². The summed E-state index contributed by atoms with van der Waals surface area (Å²) in [6, 6.07) is 6.69. The van der Waals surface area contributed by atoms with Crippen LogP contribution in [-0.2, 0) is 10.0 Å². The summed E-state index contributed by atoms with van der Waals surface area (Å²) in [5.74, 6) is -1.61. The zero-order valence-electron chi connectivity index (χ0n) is 11.8. The van der Waals surface area contributed by atoms with Crippen molar-refractivity contribution in [1.82, 2.24) is 0 Å². The van der Waals surface area contributed by atoms with Crippen molar-refractivity contribution in [2.24, 2.45) is 5.14 Å². The Balaban J connectivity index is 2.73. The number of hydrogen-bond acceptors (Lipinski definition) is 7. The third kappa shape index (κ3) is 3.59. The molecule has 11 heteroatoms. The first kappa shape index (κ1) is 17.2. The van der Waals surface area contributed by atoms with E-state index >= 15 is 0 Å². The lowest BCUT2D eigenvalue weighted by molar-refractivity contribution is -0.384. The lowest BCUT2D eigenvalue weighted by Gasteiger charge is -2.12. The van der Waals surface area contributed by atoms with Gasteiger partial charge in [0.05, 0.1) is 10.5 Å². The van der Waals surface area contributed by atoms with E-state index in [9.17, 15) is 28.4 Å². The van der Waals surface area contributed by atoms with Crippen LogP contribution in [0.4, 0.5) is 17.1 Å². The maximum absolute atomic E-state index is 11.7. The number of carboxylic acid groups (broad SMARTS) is 1. The summed E-state index contributed by atoms with van der Waals surface area (Å²) >= 11 is 0. The molecule has 2 rings (SSSR count). The van der Waals surface area contributed by atoms with Gasteiger partial charge in [0, 0.05) is 11.8 Å². The third-order valence-electron chi connectivity index (χ3n) is 2.97. The molecule has 10 nitrogen and oxygen atoms in total. The van der Waals surface area contributed by atoms with Gasteiger partial charge in [-0.15, -0.1) is 0 Å². The maximum atomic E-state index is 11.7. The highest BCUT2D eigenvalue weighted by atomic mass is 32.2. The van der Waals surface area contributed by atoms with E-state index in [1.54, 1.807) is 0 Å². The highest BCUT2D eigenvalue weighted by molar-refractivity contribution is 7.89. The number of aromatic carboxylic acids is 1. The number of rotatable bonds is 5. The van der Waals surface area contributed by atoms with Crippen molar-refractivity contribution in [3.05, 3.63) is 52.1 Å².